The van der Waals surface area contributed by atoms with Gasteiger partial charge in [0.2, 0.25) is 11.8 Å². The second-order valence-electron chi connectivity index (χ2n) is 15.0. The van der Waals surface area contributed by atoms with Crippen molar-refractivity contribution in [3.8, 4) is 0 Å². The Balaban J connectivity index is 0.997. The minimum atomic E-state index is -0.482. The topological polar surface area (TPSA) is 105 Å². The van der Waals surface area contributed by atoms with Crippen LogP contribution >= 0.6 is 11.6 Å². The largest absolute Gasteiger partial charge is 0.397 e. The van der Waals surface area contributed by atoms with E-state index in [0.29, 0.717) is 80.8 Å². The molecule has 0 aromatic heterocycles. The molecule has 11 heteroatoms. The second kappa shape index (κ2) is 14.5. The highest BCUT2D eigenvalue weighted by Crippen LogP contribution is 2.37. The van der Waals surface area contributed by atoms with Gasteiger partial charge in [0, 0.05) is 82.1 Å². The summed E-state index contributed by atoms with van der Waals surface area (Å²) >= 11 is 6.54. The Labute approximate surface area is 295 Å². The van der Waals surface area contributed by atoms with Gasteiger partial charge in [0.25, 0.3) is 0 Å². The fraction of sp³-hybridized carbons (Fsp3) is 0.605. The van der Waals surface area contributed by atoms with Crippen molar-refractivity contribution in [1.29, 1.82) is 0 Å². The van der Waals surface area contributed by atoms with Crippen LogP contribution in [-0.4, -0.2) is 113 Å². The molecule has 49 heavy (non-hydrogen) atoms. The van der Waals surface area contributed by atoms with Crippen molar-refractivity contribution in [2.75, 3.05) is 57.4 Å². The molecule has 0 aliphatic carbocycles. The first-order chi connectivity index (χ1) is 23.7. The van der Waals surface area contributed by atoms with Gasteiger partial charge in [-0.05, 0) is 87.2 Å². The van der Waals surface area contributed by atoms with Crippen LogP contribution in [0.1, 0.15) is 68.6 Å². The zero-order valence-electron chi connectivity index (χ0n) is 29.1. The number of aryl methyl sites for hydroxylation is 1. The van der Waals surface area contributed by atoms with Crippen molar-refractivity contribution >= 4 is 40.8 Å². The second-order valence-corrected chi connectivity index (χ2v) is 15.4. The molecule has 4 saturated heterocycles. The van der Waals surface area contributed by atoms with Crippen molar-refractivity contribution in [3.63, 3.8) is 0 Å². The molecule has 0 spiro atoms. The Morgan fingerprint density at radius 3 is 2.31 bits per heavy atom. The maximum absolute atomic E-state index is 14.3. The number of benzene rings is 2. The lowest BCUT2D eigenvalue weighted by Crippen LogP contribution is -2.56. The first-order valence-electron chi connectivity index (χ1n) is 18.4. The Bertz CT molecular complexity index is 1540. The number of piperidine rings is 2. The predicted octanol–water partition coefficient (Wildman–Crippen LogP) is 4.84. The zero-order valence-corrected chi connectivity index (χ0v) is 29.8. The van der Waals surface area contributed by atoms with Crippen molar-refractivity contribution in [2.45, 2.75) is 95.4 Å². The molecule has 5 aliphatic heterocycles. The molecule has 2 bridgehead atoms. The number of para-hydroxylation sites is 1. The number of piperazine rings is 1. The molecule has 4 fully saturated rings. The maximum atomic E-state index is 14.3. The summed E-state index contributed by atoms with van der Waals surface area (Å²) < 4.78 is 0. The molecule has 3 N–H and O–H groups in total. The molecule has 2 unspecified atom stereocenters. The summed E-state index contributed by atoms with van der Waals surface area (Å²) in [7, 11) is 2.28. The van der Waals surface area contributed by atoms with E-state index in [9.17, 15) is 14.4 Å². The Morgan fingerprint density at radius 2 is 1.61 bits per heavy atom. The van der Waals surface area contributed by atoms with Crippen molar-refractivity contribution in [2.24, 2.45) is 5.92 Å². The number of nitrogens with one attached hydrogen (secondary N) is 1. The van der Waals surface area contributed by atoms with Gasteiger partial charge in [-0.15, -0.1) is 0 Å². The SMILES string of the molecule is CCc1cc(C[C@@H](CC(=O)N2CCC(N3Cc4ccccc4NC3=O)CC2)C(=O)N2CCN(C3CC4CCC(C3)N4C)CC2)cc(Cl)c1N. The number of anilines is 2. The van der Waals surface area contributed by atoms with Gasteiger partial charge >= 0.3 is 6.03 Å². The third-order valence-corrected chi connectivity index (χ3v) is 12.6. The maximum Gasteiger partial charge on any atom is 0.322 e. The molecular weight excluding hydrogens is 638 g/mol. The molecule has 0 saturated carbocycles. The highest BCUT2D eigenvalue weighted by atomic mass is 35.5. The first kappa shape index (κ1) is 34.1. The summed E-state index contributed by atoms with van der Waals surface area (Å²) in [6, 6.07) is 13.8. The number of carbonyl (C=O) groups is 3. The monoisotopic (exact) mass is 689 g/mol. The molecule has 2 aromatic carbocycles. The van der Waals surface area contributed by atoms with E-state index in [4.69, 9.17) is 17.3 Å². The van der Waals surface area contributed by atoms with Crippen LogP contribution in [0, 0.1) is 5.92 Å². The molecule has 7 rings (SSSR count). The van der Waals surface area contributed by atoms with Crippen LogP contribution in [0.25, 0.3) is 0 Å². The predicted molar refractivity (Wildman–Crippen MR) is 193 cm³/mol. The van der Waals surface area contributed by atoms with Crippen LogP contribution in [0.15, 0.2) is 36.4 Å². The van der Waals surface area contributed by atoms with Crippen molar-refractivity contribution in [3.05, 3.63) is 58.1 Å². The van der Waals surface area contributed by atoms with E-state index in [1.807, 2.05) is 58.0 Å². The lowest BCUT2D eigenvalue weighted by atomic mass is 9.91. The smallest absolute Gasteiger partial charge is 0.322 e. The molecule has 5 heterocycles. The summed E-state index contributed by atoms with van der Waals surface area (Å²) in [5.74, 6) is -0.423. The number of amides is 4. The third-order valence-electron chi connectivity index (χ3n) is 12.2. The average Bonchev–Trinajstić information content (AvgIpc) is 3.30. The lowest BCUT2D eigenvalue weighted by Gasteiger charge is -2.45. The molecule has 264 valence electrons. The Morgan fingerprint density at radius 1 is 0.918 bits per heavy atom. The van der Waals surface area contributed by atoms with Crippen LogP contribution < -0.4 is 11.1 Å². The fourth-order valence-electron chi connectivity index (χ4n) is 9.21. The molecule has 5 aliphatic rings. The molecule has 10 nitrogen and oxygen atoms in total. The minimum absolute atomic E-state index is 0.00272. The van der Waals surface area contributed by atoms with Crippen LogP contribution in [0.3, 0.4) is 0 Å². The van der Waals surface area contributed by atoms with Gasteiger partial charge in [-0.25, -0.2) is 4.79 Å². The van der Waals surface area contributed by atoms with E-state index < -0.39 is 5.92 Å². The highest BCUT2D eigenvalue weighted by Gasteiger charge is 2.42. The van der Waals surface area contributed by atoms with Gasteiger partial charge in [0.1, 0.15) is 0 Å². The van der Waals surface area contributed by atoms with E-state index >= 15 is 0 Å². The molecule has 2 aromatic rings. The van der Waals surface area contributed by atoms with E-state index in [2.05, 4.69) is 22.2 Å². The zero-order chi connectivity index (χ0) is 34.2. The quantitative estimate of drug-likeness (QED) is 0.385. The summed E-state index contributed by atoms with van der Waals surface area (Å²) in [5.41, 5.74) is 10.7. The van der Waals surface area contributed by atoms with E-state index in [1.165, 1.54) is 25.7 Å². The van der Waals surface area contributed by atoms with E-state index in [-0.39, 0.29) is 30.3 Å². The summed E-state index contributed by atoms with van der Waals surface area (Å²) in [6.07, 6.45) is 7.84. The standard InChI is InChI=1S/C38H52ClN7O3/c1-3-26-18-25(20-33(39)36(26)40)19-28(37(48)45-16-14-43(15-17-45)32-22-30-8-9-31(23-32)42(30)2)21-35(47)44-12-10-29(11-13-44)46-24-27-6-4-5-7-34(27)41-38(46)49/h4-7,18,20,28-32H,3,8-17,19,21-24,40H2,1-2H3,(H,41,49)/t28-,30?,31?,32?/m0/s1. The molecule has 0 radical (unpaired) electrons. The van der Waals surface area contributed by atoms with Gasteiger partial charge < -0.3 is 30.7 Å². The first-order valence-corrected chi connectivity index (χ1v) is 18.8. The van der Waals surface area contributed by atoms with E-state index in [0.717, 1.165) is 41.9 Å². The number of hydrogen-bond donors (Lipinski definition) is 2. The van der Waals surface area contributed by atoms with Gasteiger partial charge in [-0.1, -0.05) is 42.8 Å². The Hall–Kier alpha value is -3.34. The van der Waals surface area contributed by atoms with Crippen molar-refractivity contribution < 1.29 is 14.4 Å². The fourth-order valence-corrected chi connectivity index (χ4v) is 9.47. The number of nitrogens with two attached hydrogens (primary N) is 1. The number of fused-ring (bicyclic) bond motifs is 3. The molecule has 4 amide bonds. The summed E-state index contributed by atoms with van der Waals surface area (Å²) in [5, 5.41) is 3.52. The summed E-state index contributed by atoms with van der Waals surface area (Å²) in [4.78, 5) is 52.1. The highest BCUT2D eigenvalue weighted by molar-refractivity contribution is 6.33. The van der Waals surface area contributed by atoms with Crippen molar-refractivity contribution in [1.82, 2.24) is 24.5 Å². The number of carbonyl (C=O) groups excluding carboxylic acids is 3. The normalized spacial score (nSPS) is 25.7. The van der Waals surface area contributed by atoms with Crippen LogP contribution in [0.2, 0.25) is 5.02 Å². The van der Waals surface area contributed by atoms with Gasteiger partial charge in [-0.2, -0.15) is 0 Å². The minimum Gasteiger partial charge on any atom is -0.397 e. The van der Waals surface area contributed by atoms with Gasteiger partial charge in [-0.3, -0.25) is 14.5 Å². The number of halogens is 1. The van der Waals surface area contributed by atoms with Gasteiger partial charge in [0.05, 0.1) is 16.6 Å². The van der Waals surface area contributed by atoms with E-state index in [1.54, 1.807) is 0 Å². The number of urea groups is 1. The number of nitrogen functional groups attached to an aromatic ring is 1. The molecule has 3 atom stereocenters. The number of hydrogen-bond acceptors (Lipinski definition) is 6. The van der Waals surface area contributed by atoms with Crippen LogP contribution in [0.4, 0.5) is 16.2 Å². The average molecular weight is 690 g/mol. The Kier molecular flexibility index (Phi) is 10.1. The number of rotatable bonds is 8. The molecular formula is C38H52ClN7O3. The summed E-state index contributed by atoms with van der Waals surface area (Å²) in [6.45, 7) is 6.92. The lowest BCUT2D eigenvalue weighted by molar-refractivity contribution is -0.143. The van der Waals surface area contributed by atoms with Crippen LogP contribution in [-0.2, 0) is 29.0 Å². The number of nitrogens with zero attached hydrogens (tertiary/aromatic N) is 5. The number of likely N-dealkylation sites (tertiary alicyclic amines) is 1. The third kappa shape index (κ3) is 7.14. The van der Waals surface area contributed by atoms with Crippen LogP contribution in [0.5, 0.6) is 0 Å². The van der Waals surface area contributed by atoms with Gasteiger partial charge in [0.15, 0.2) is 0 Å².